The van der Waals surface area contributed by atoms with Crippen molar-refractivity contribution in [3.05, 3.63) is 30.3 Å². The molecule has 0 spiro atoms. The van der Waals surface area contributed by atoms with Gasteiger partial charge in [-0.3, -0.25) is 0 Å². The summed E-state index contributed by atoms with van der Waals surface area (Å²) < 4.78 is 0. The number of H-pyrrole nitrogens is 1. The molecule has 2 nitrogen and oxygen atoms in total. The lowest BCUT2D eigenvalue weighted by molar-refractivity contribution is 0.574. The summed E-state index contributed by atoms with van der Waals surface area (Å²) in [4.78, 5) is 5.95. The molecule has 1 N–H and O–H groups in total. The number of halogens is 1. The molecular weight excluding hydrogens is 220 g/mol. The van der Waals surface area contributed by atoms with E-state index >= 15 is 0 Å². The van der Waals surface area contributed by atoms with E-state index in [9.17, 15) is 0 Å². The molecule has 1 aromatic heterocycles. The van der Waals surface area contributed by atoms with Crippen LogP contribution in [-0.2, 0) is 0 Å². The molecule has 16 heavy (non-hydrogen) atoms. The van der Waals surface area contributed by atoms with Crippen molar-refractivity contribution in [1.82, 2.24) is 4.98 Å². The molecular formula is C13H17ClN2. The van der Waals surface area contributed by atoms with Gasteiger partial charge >= 0.3 is 0 Å². The molecule has 1 fully saturated rings. The van der Waals surface area contributed by atoms with Gasteiger partial charge in [0, 0.05) is 24.0 Å². The Balaban J connectivity index is 0.000000963. The summed E-state index contributed by atoms with van der Waals surface area (Å²) in [6.45, 7) is 2.40. The van der Waals surface area contributed by atoms with Crippen LogP contribution in [0.5, 0.6) is 0 Å². The fraction of sp³-hybridized carbons (Fsp3) is 0.385. The molecule has 0 unspecified atom stereocenters. The molecule has 2 heterocycles. The highest BCUT2D eigenvalue weighted by Gasteiger charge is 2.12. The molecule has 0 atom stereocenters. The Labute approximate surface area is 102 Å². The van der Waals surface area contributed by atoms with Gasteiger partial charge in [0.25, 0.3) is 0 Å². The molecule has 2 aromatic rings. The van der Waals surface area contributed by atoms with E-state index in [-0.39, 0.29) is 12.4 Å². The van der Waals surface area contributed by atoms with Crippen LogP contribution in [0, 0.1) is 0 Å². The van der Waals surface area contributed by atoms with Crippen LogP contribution in [0.25, 0.3) is 10.9 Å². The second-order valence-corrected chi connectivity index (χ2v) is 4.29. The van der Waals surface area contributed by atoms with Crippen molar-refractivity contribution in [2.75, 3.05) is 18.0 Å². The summed E-state index contributed by atoms with van der Waals surface area (Å²) in [5.74, 6) is 1.29. The first-order valence-electron chi connectivity index (χ1n) is 5.76. The third-order valence-electron chi connectivity index (χ3n) is 3.21. The second-order valence-electron chi connectivity index (χ2n) is 4.29. The first-order valence-corrected chi connectivity index (χ1v) is 5.76. The Morgan fingerprint density at radius 2 is 1.75 bits per heavy atom. The van der Waals surface area contributed by atoms with Crippen molar-refractivity contribution in [3.63, 3.8) is 0 Å². The summed E-state index contributed by atoms with van der Waals surface area (Å²) in [6, 6.07) is 10.7. The van der Waals surface area contributed by atoms with Gasteiger partial charge in [-0.2, -0.15) is 0 Å². The van der Waals surface area contributed by atoms with Crippen molar-refractivity contribution < 1.29 is 0 Å². The average Bonchev–Trinajstić information content (AvgIpc) is 2.74. The summed E-state index contributed by atoms with van der Waals surface area (Å²) >= 11 is 0. The minimum atomic E-state index is 0. The molecule has 0 radical (unpaired) electrons. The Morgan fingerprint density at radius 1 is 1.00 bits per heavy atom. The largest absolute Gasteiger partial charge is 0.358 e. The zero-order chi connectivity index (χ0) is 10.1. The van der Waals surface area contributed by atoms with Crippen molar-refractivity contribution in [2.45, 2.75) is 19.3 Å². The third-order valence-corrected chi connectivity index (χ3v) is 3.21. The molecule has 1 aliphatic heterocycles. The van der Waals surface area contributed by atoms with Crippen molar-refractivity contribution >= 4 is 29.1 Å². The average molecular weight is 237 g/mol. The number of anilines is 1. The first kappa shape index (κ1) is 11.3. The van der Waals surface area contributed by atoms with Crippen LogP contribution in [0.2, 0.25) is 0 Å². The second kappa shape index (κ2) is 4.79. The number of fused-ring (bicyclic) bond motifs is 1. The van der Waals surface area contributed by atoms with Gasteiger partial charge in [0.2, 0.25) is 0 Å². The number of aromatic nitrogens is 1. The van der Waals surface area contributed by atoms with Crippen LogP contribution < -0.4 is 4.90 Å². The zero-order valence-electron chi connectivity index (χ0n) is 9.28. The van der Waals surface area contributed by atoms with E-state index in [0.717, 1.165) is 0 Å². The maximum Gasteiger partial charge on any atom is 0.106 e. The van der Waals surface area contributed by atoms with Gasteiger partial charge in [0.05, 0.1) is 0 Å². The number of piperidine rings is 1. The van der Waals surface area contributed by atoms with Crippen LogP contribution in [0.4, 0.5) is 5.82 Å². The molecule has 86 valence electrons. The molecule has 0 aliphatic carbocycles. The lowest BCUT2D eigenvalue weighted by Crippen LogP contribution is -2.29. The summed E-state index contributed by atoms with van der Waals surface area (Å²) in [5.41, 5.74) is 1.25. The van der Waals surface area contributed by atoms with Gasteiger partial charge in [-0.05, 0) is 31.4 Å². The number of nitrogens with zero attached hydrogens (tertiary/aromatic N) is 1. The predicted molar refractivity (Wildman–Crippen MR) is 71.6 cm³/mol. The lowest BCUT2D eigenvalue weighted by Gasteiger charge is -2.27. The Hall–Kier alpha value is -1.15. The minimum absolute atomic E-state index is 0. The van der Waals surface area contributed by atoms with E-state index < -0.39 is 0 Å². The number of hydrogen-bond acceptors (Lipinski definition) is 1. The van der Waals surface area contributed by atoms with Gasteiger partial charge < -0.3 is 9.88 Å². The van der Waals surface area contributed by atoms with Crippen LogP contribution in [-0.4, -0.2) is 18.1 Å². The van der Waals surface area contributed by atoms with Gasteiger partial charge in [-0.25, -0.2) is 0 Å². The van der Waals surface area contributed by atoms with Gasteiger partial charge in [0.1, 0.15) is 5.82 Å². The highest BCUT2D eigenvalue weighted by Crippen LogP contribution is 2.23. The molecule has 3 heteroatoms. The summed E-state index contributed by atoms with van der Waals surface area (Å²) in [6.07, 6.45) is 4.04. The van der Waals surface area contributed by atoms with Crippen LogP contribution in [0.3, 0.4) is 0 Å². The highest BCUT2D eigenvalue weighted by atomic mass is 35.5. The first-order chi connectivity index (χ1) is 7.43. The maximum atomic E-state index is 3.49. The Kier molecular flexibility index (Phi) is 3.39. The number of nitrogens with one attached hydrogen (secondary N) is 1. The van der Waals surface area contributed by atoms with Crippen LogP contribution >= 0.6 is 12.4 Å². The molecule has 1 aliphatic rings. The van der Waals surface area contributed by atoms with E-state index in [1.165, 1.54) is 49.1 Å². The van der Waals surface area contributed by atoms with Crippen LogP contribution in [0.15, 0.2) is 30.3 Å². The summed E-state index contributed by atoms with van der Waals surface area (Å²) in [7, 11) is 0. The molecule has 0 saturated carbocycles. The quantitative estimate of drug-likeness (QED) is 0.802. The van der Waals surface area contributed by atoms with Gasteiger partial charge in [-0.15, -0.1) is 12.4 Å². The van der Waals surface area contributed by atoms with E-state index in [2.05, 4.69) is 40.2 Å². The monoisotopic (exact) mass is 236 g/mol. The van der Waals surface area contributed by atoms with E-state index in [4.69, 9.17) is 0 Å². The van der Waals surface area contributed by atoms with Crippen molar-refractivity contribution in [3.8, 4) is 0 Å². The number of hydrogen-bond donors (Lipinski definition) is 1. The van der Waals surface area contributed by atoms with Crippen LogP contribution in [0.1, 0.15) is 19.3 Å². The van der Waals surface area contributed by atoms with Crippen molar-refractivity contribution in [2.24, 2.45) is 0 Å². The normalized spacial score (nSPS) is 16.1. The molecule has 0 amide bonds. The fourth-order valence-corrected chi connectivity index (χ4v) is 2.36. The predicted octanol–water partition coefficient (Wildman–Crippen LogP) is 3.58. The van der Waals surface area contributed by atoms with E-state index in [1.807, 2.05) is 0 Å². The zero-order valence-corrected chi connectivity index (χ0v) is 10.1. The van der Waals surface area contributed by atoms with Gasteiger partial charge in [0.15, 0.2) is 0 Å². The number of rotatable bonds is 1. The Morgan fingerprint density at radius 3 is 2.50 bits per heavy atom. The molecule has 0 bridgehead atoms. The number of benzene rings is 1. The molecule has 1 saturated heterocycles. The SMILES string of the molecule is Cl.c1ccc2[nH]c(N3CCCCC3)cc2c1. The standard InChI is InChI=1S/C13H16N2.ClH/c1-4-8-15(9-5-1)13-10-11-6-2-3-7-12(11)14-13;/h2-3,6-7,10,14H,1,4-5,8-9H2;1H. The lowest BCUT2D eigenvalue weighted by atomic mass is 10.1. The van der Waals surface area contributed by atoms with E-state index in [1.54, 1.807) is 0 Å². The fourth-order valence-electron chi connectivity index (χ4n) is 2.36. The highest BCUT2D eigenvalue weighted by molar-refractivity contribution is 5.85. The number of para-hydroxylation sites is 1. The topological polar surface area (TPSA) is 19.0 Å². The van der Waals surface area contributed by atoms with Gasteiger partial charge in [-0.1, -0.05) is 18.2 Å². The number of aromatic amines is 1. The Bertz CT molecular complexity index is 425. The van der Waals surface area contributed by atoms with Crippen molar-refractivity contribution in [1.29, 1.82) is 0 Å². The summed E-state index contributed by atoms with van der Waals surface area (Å²) in [5, 5.41) is 1.32. The minimum Gasteiger partial charge on any atom is -0.358 e. The maximum absolute atomic E-state index is 3.49. The third kappa shape index (κ3) is 2.03. The molecule has 3 rings (SSSR count). The van der Waals surface area contributed by atoms with E-state index in [0.29, 0.717) is 0 Å². The smallest absolute Gasteiger partial charge is 0.106 e. The molecule has 1 aromatic carbocycles.